The molecule has 0 saturated carbocycles. The van der Waals surface area contributed by atoms with Crippen LogP contribution in [-0.2, 0) is 0 Å². The summed E-state index contributed by atoms with van der Waals surface area (Å²) in [6.07, 6.45) is 0. The molecule has 0 spiro atoms. The van der Waals surface area contributed by atoms with E-state index in [1.165, 1.54) is 24.3 Å². The SMILES string of the molecule is Nc1cc([N+](=O)[O-])cc([N+](=O)[O-])c1-c1ccc([O-])cc1.[Na+]. The fourth-order valence-electron chi connectivity index (χ4n) is 1.82. The van der Waals surface area contributed by atoms with E-state index in [4.69, 9.17) is 5.73 Å². The number of benzene rings is 2. The molecule has 0 bridgehead atoms. The molecule has 0 aliphatic rings. The summed E-state index contributed by atoms with van der Waals surface area (Å²) in [4.78, 5) is 20.3. The summed E-state index contributed by atoms with van der Waals surface area (Å²) in [7, 11) is 0. The van der Waals surface area contributed by atoms with E-state index in [-0.39, 0.29) is 46.6 Å². The van der Waals surface area contributed by atoms with Gasteiger partial charge in [-0.15, -0.1) is 5.75 Å². The van der Waals surface area contributed by atoms with Crippen LogP contribution in [0.5, 0.6) is 5.75 Å². The number of anilines is 1. The Hall–Kier alpha value is -2.16. The monoisotopic (exact) mass is 297 g/mol. The zero-order chi connectivity index (χ0) is 14.9. The van der Waals surface area contributed by atoms with Crippen molar-refractivity contribution in [1.29, 1.82) is 0 Å². The Bertz CT molecular complexity index is 703. The average Bonchev–Trinajstić information content (AvgIpc) is 2.39. The van der Waals surface area contributed by atoms with Crippen molar-refractivity contribution < 1.29 is 44.5 Å². The van der Waals surface area contributed by atoms with Crippen LogP contribution < -0.4 is 40.4 Å². The first-order chi connectivity index (χ1) is 9.40. The molecule has 8 nitrogen and oxygen atoms in total. The molecule has 0 atom stereocenters. The number of rotatable bonds is 3. The van der Waals surface area contributed by atoms with Crippen LogP contribution in [0.15, 0.2) is 36.4 Å². The van der Waals surface area contributed by atoms with E-state index in [0.29, 0.717) is 5.56 Å². The first-order valence-corrected chi connectivity index (χ1v) is 5.40. The van der Waals surface area contributed by atoms with Crippen LogP contribution in [0.3, 0.4) is 0 Å². The van der Waals surface area contributed by atoms with Crippen LogP contribution in [0.2, 0.25) is 0 Å². The third-order valence-electron chi connectivity index (χ3n) is 2.68. The van der Waals surface area contributed by atoms with Gasteiger partial charge in [0.15, 0.2) is 0 Å². The maximum Gasteiger partial charge on any atom is 1.00 e. The zero-order valence-electron chi connectivity index (χ0n) is 11.0. The summed E-state index contributed by atoms with van der Waals surface area (Å²) < 4.78 is 0. The Kier molecular flexibility index (Phi) is 5.25. The number of nitrogens with two attached hydrogens (primary N) is 1. The minimum Gasteiger partial charge on any atom is -0.872 e. The average molecular weight is 297 g/mol. The largest absolute Gasteiger partial charge is 1.00 e. The van der Waals surface area contributed by atoms with E-state index in [0.717, 1.165) is 12.1 Å². The maximum absolute atomic E-state index is 11.1. The second kappa shape index (κ2) is 6.53. The molecule has 0 heterocycles. The fourth-order valence-corrected chi connectivity index (χ4v) is 1.82. The summed E-state index contributed by atoms with van der Waals surface area (Å²) in [5.41, 5.74) is 5.06. The van der Waals surface area contributed by atoms with Crippen LogP contribution in [0, 0.1) is 20.2 Å². The number of hydrogen-bond donors (Lipinski definition) is 1. The predicted molar refractivity (Wildman–Crippen MR) is 69.0 cm³/mol. The molecule has 2 rings (SSSR count). The second-order valence-corrected chi connectivity index (χ2v) is 3.97. The molecule has 0 amide bonds. The third kappa shape index (κ3) is 3.48. The van der Waals surface area contributed by atoms with Crippen molar-refractivity contribution in [3.8, 4) is 16.9 Å². The molecule has 0 aliphatic heterocycles. The van der Waals surface area contributed by atoms with Crippen LogP contribution in [0.1, 0.15) is 0 Å². The number of nitrogen functional groups attached to an aromatic ring is 1. The Morgan fingerprint density at radius 3 is 2.00 bits per heavy atom. The summed E-state index contributed by atoms with van der Waals surface area (Å²) in [5, 5.41) is 32.8. The summed E-state index contributed by atoms with van der Waals surface area (Å²) in [6.45, 7) is 0. The summed E-state index contributed by atoms with van der Waals surface area (Å²) in [5.74, 6) is -0.253. The zero-order valence-corrected chi connectivity index (χ0v) is 13.0. The van der Waals surface area contributed by atoms with Gasteiger partial charge in [-0.05, 0) is 5.56 Å². The molecule has 2 aromatic rings. The Morgan fingerprint density at radius 2 is 1.52 bits per heavy atom. The normalized spacial score (nSPS) is 9.71. The van der Waals surface area contributed by atoms with Crippen molar-refractivity contribution in [1.82, 2.24) is 0 Å². The molecule has 0 aromatic heterocycles. The second-order valence-electron chi connectivity index (χ2n) is 3.97. The van der Waals surface area contributed by atoms with Gasteiger partial charge >= 0.3 is 29.6 Å². The number of nitro groups is 2. The molecular formula is C12H8N3NaO5. The minimum atomic E-state index is -0.756. The van der Waals surface area contributed by atoms with Gasteiger partial charge in [0.25, 0.3) is 11.4 Å². The number of non-ortho nitro benzene ring substituents is 1. The van der Waals surface area contributed by atoms with Gasteiger partial charge in [0, 0.05) is 6.07 Å². The molecule has 102 valence electrons. The molecule has 2 aromatic carbocycles. The Labute approximate surface area is 140 Å². The van der Waals surface area contributed by atoms with E-state index in [1.54, 1.807) is 0 Å². The maximum atomic E-state index is 11.1. The minimum absolute atomic E-state index is 0. The van der Waals surface area contributed by atoms with Crippen LogP contribution >= 0.6 is 0 Å². The third-order valence-corrected chi connectivity index (χ3v) is 2.68. The summed E-state index contributed by atoms with van der Waals surface area (Å²) >= 11 is 0. The van der Waals surface area contributed by atoms with E-state index >= 15 is 0 Å². The van der Waals surface area contributed by atoms with Gasteiger partial charge < -0.3 is 10.8 Å². The van der Waals surface area contributed by atoms with Crippen molar-refractivity contribution >= 4 is 17.1 Å². The van der Waals surface area contributed by atoms with Crippen molar-refractivity contribution in [3.05, 3.63) is 56.6 Å². The van der Waals surface area contributed by atoms with Crippen molar-refractivity contribution in [2.45, 2.75) is 0 Å². The smallest absolute Gasteiger partial charge is 0.872 e. The van der Waals surface area contributed by atoms with Gasteiger partial charge in [-0.25, -0.2) is 0 Å². The molecule has 0 saturated heterocycles. The molecule has 0 fully saturated rings. The van der Waals surface area contributed by atoms with E-state index < -0.39 is 21.2 Å². The predicted octanol–water partition coefficient (Wildman–Crippen LogP) is -1.17. The van der Waals surface area contributed by atoms with Gasteiger partial charge in [-0.2, -0.15) is 0 Å². The van der Waals surface area contributed by atoms with Crippen molar-refractivity contribution in [2.75, 3.05) is 5.73 Å². The van der Waals surface area contributed by atoms with Gasteiger partial charge in [-0.1, -0.05) is 24.3 Å². The van der Waals surface area contributed by atoms with Crippen LogP contribution in [0.25, 0.3) is 11.1 Å². The van der Waals surface area contributed by atoms with E-state index in [1.807, 2.05) is 0 Å². The van der Waals surface area contributed by atoms with E-state index in [9.17, 15) is 25.3 Å². The summed E-state index contributed by atoms with van der Waals surface area (Å²) in [6, 6.07) is 7.13. The van der Waals surface area contributed by atoms with Gasteiger partial charge in [-0.3, -0.25) is 20.2 Å². The molecule has 0 radical (unpaired) electrons. The molecule has 0 aliphatic carbocycles. The topological polar surface area (TPSA) is 135 Å². The first kappa shape index (κ1) is 16.9. The van der Waals surface area contributed by atoms with E-state index in [2.05, 4.69) is 0 Å². The first-order valence-electron chi connectivity index (χ1n) is 5.40. The molecular weight excluding hydrogens is 289 g/mol. The number of nitrogens with zero attached hydrogens (tertiary/aromatic N) is 2. The van der Waals surface area contributed by atoms with Gasteiger partial charge in [0.1, 0.15) is 0 Å². The molecule has 21 heavy (non-hydrogen) atoms. The quantitative estimate of drug-likeness (QED) is 0.328. The molecule has 2 N–H and O–H groups in total. The number of hydrogen-bond acceptors (Lipinski definition) is 6. The van der Waals surface area contributed by atoms with Crippen molar-refractivity contribution in [3.63, 3.8) is 0 Å². The fraction of sp³-hybridized carbons (Fsp3) is 0. The molecule has 0 unspecified atom stereocenters. The van der Waals surface area contributed by atoms with Gasteiger partial charge in [0.05, 0.1) is 27.2 Å². The number of nitro benzene ring substituents is 2. The molecule has 9 heteroatoms. The van der Waals surface area contributed by atoms with Crippen LogP contribution in [0.4, 0.5) is 17.1 Å². The standard InChI is InChI=1S/C12H9N3O5.Na/c13-10-5-8(14(17)18)6-11(15(19)20)12(10)7-1-3-9(16)4-2-7;/h1-6,16H,13H2;/q;+1/p-1. The Morgan fingerprint density at radius 1 is 0.952 bits per heavy atom. The van der Waals surface area contributed by atoms with Gasteiger partial charge in [0.2, 0.25) is 0 Å². The van der Waals surface area contributed by atoms with Crippen LogP contribution in [-0.4, -0.2) is 9.85 Å². The van der Waals surface area contributed by atoms with Crippen molar-refractivity contribution in [2.24, 2.45) is 0 Å². The Balaban J connectivity index is 0.00000220.